The van der Waals surface area contributed by atoms with Gasteiger partial charge in [-0.05, 0) is 39.1 Å². The fourth-order valence-corrected chi connectivity index (χ4v) is 5.51. The molecule has 33 heavy (non-hydrogen) atoms. The molecule has 0 aromatic heterocycles. The van der Waals surface area contributed by atoms with E-state index in [1.54, 1.807) is 0 Å². The molecule has 7 N–H and O–H groups in total. The van der Waals surface area contributed by atoms with Gasteiger partial charge in [-0.1, -0.05) is 12.1 Å². The summed E-state index contributed by atoms with van der Waals surface area (Å²) < 4.78 is 0. The van der Waals surface area contributed by atoms with Crippen LogP contribution in [0.25, 0.3) is 0 Å². The number of aromatic hydroxyl groups is 1. The number of ketones is 2. The molecule has 1 aromatic rings. The molecule has 1 aromatic carbocycles. The predicted molar refractivity (Wildman–Crippen MR) is 110 cm³/mol. The Morgan fingerprint density at radius 2 is 1.76 bits per heavy atom. The summed E-state index contributed by atoms with van der Waals surface area (Å²) in [6, 6.07) is 3.05. The van der Waals surface area contributed by atoms with E-state index in [0.717, 1.165) is 0 Å². The van der Waals surface area contributed by atoms with Crippen molar-refractivity contribution >= 4 is 17.5 Å². The second-order valence-electron chi connectivity index (χ2n) is 8.96. The number of phenols is 1. The third-order valence-electron chi connectivity index (χ3n) is 7.02. The van der Waals surface area contributed by atoms with Gasteiger partial charge >= 0.3 is 0 Å². The number of primary amides is 1. The van der Waals surface area contributed by atoms with Crippen LogP contribution in [0, 0.1) is 11.8 Å². The minimum atomic E-state index is -2.75. The number of hydrogen-bond acceptors (Lipinski definition) is 9. The number of hydrogen-bond donors (Lipinski definition) is 6. The fourth-order valence-electron chi connectivity index (χ4n) is 5.51. The average molecular weight is 552 g/mol. The Labute approximate surface area is 204 Å². The van der Waals surface area contributed by atoms with Gasteiger partial charge in [0.05, 0.1) is 17.2 Å². The molecule has 11 heteroatoms. The van der Waals surface area contributed by atoms with Gasteiger partial charge in [-0.25, -0.2) is 0 Å². The maximum atomic E-state index is 13.3. The first-order valence-electron chi connectivity index (χ1n) is 9.97. The molecule has 181 valence electrons. The second kappa shape index (κ2) is 7.80. The van der Waals surface area contributed by atoms with E-state index in [1.807, 2.05) is 0 Å². The van der Waals surface area contributed by atoms with Gasteiger partial charge in [0.2, 0.25) is 5.78 Å². The molecule has 10 nitrogen and oxygen atoms in total. The Hall–Kier alpha value is -2.47. The summed E-state index contributed by atoms with van der Waals surface area (Å²) in [4.78, 5) is 39.9. The Kier molecular flexibility index (Phi) is 5.94. The number of amides is 1. The first-order chi connectivity index (χ1) is 14.8. The fraction of sp³-hybridized carbons (Fsp3) is 0.409. The second-order valence-corrected chi connectivity index (χ2v) is 8.96. The van der Waals surface area contributed by atoms with Crippen LogP contribution >= 0.6 is 0 Å². The Balaban J connectivity index is 0.00000306. The summed E-state index contributed by atoms with van der Waals surface area (Å²) >= 11 is 0. The third-order valence-corrected chi connectivity index (χ3v) is 7.02. The maximum Gasteiger partial charge on any atom is 0.255 e. The van der Waals surface area contributed by atoms with Crippen LogP contribution in [0.3, 0.4) is 0 Å². The SMILES string of the molecule is CN(C)[C@@H]1C(O)=C(C(N)=O)C(=O)[C@@]2(O)C(O)=C3C(=O)c4c(O)cccc4[C@@](C)(O)[C@H]3C[C@@H]12.[Ag]. The van der Waals surface area contributed by atoms with Gasteiger partial charge in [-0.2, -0.15) is 0 Å². The number of Topliss-reactive ketones (excluding diaryl/α,β-unsaturated/α-hetero) is 2. The van der Waals surface area contributed by atoms with E-state index in [-0.39, 0.29) is 39.9 Å². The number of aliphatic hydroxyl groups excluding tert-OH is 2. The molecule has 0 aliphatic heterocycles. The maximum absolute atomic E-state index is 13.3. The van der Waals surface area contributed by atoms with Crippen molar-refractivity contribution < 1.29 is 62.3 Å². The number of carbonyl (C=O) groups is 3. The van der Waals surface area contributed by atoms with E-state index in [1.165, 1.54) is 44.1 Å². The molecule has 3 aliphatic rings. The van der Waals surface area contributed by atoms with Crippen LogP contribution in [-0.2, 0) is 37.6 Å². The van der Waals surface area contributed by atoms with Crippen molar-refractivity contribution in [3.8, 4) is 5.75 Å². The molecule has 0 unspecified atom stereocenters. The van der Waals surface area contributed by atoms with E-state index in [4.69, 9.17) is 5.73 Å². The summed E-state index contributed by atoms with van der Waals surface area (Å²) in [5.41, 5.74) is -0.654. The summed E-state index contributed by atoms with van der Waals surface area (Å²) in [7, 11) is 3.06. The zero-order chi connectivity index (χ0) is 23.9. The third kappa shape index (κ3) is 3.06. The summed E-state index contributed by atoms with van der Waals surface area (Å²) in [5.74, 6) is -7.89. The number of fused-ring (bicyclic) bond motifs is 3. The summed E-state index contributed by atoms with van der Waals surface area (Å²) in [6.45, 7) is 1.40. The topological polar surface area (TPSA) is 182 Å². The van der Waals surface area contributed by atoms with Crippen molar-refractivity contribution in [2.24, 2.45) is 17.6 Å². The molecule has 0 saturated heterocycles. The number of aliphatic hydroxyl groups is 4. The Morgan fingerprint density at radius 1 is 1.15 bits per heavy atom. The van der Waals surface area contributed by atoms with Crippen molar-refractivity contribution in [1.82, 2.24) is 4.90 Å². The Bertz CT molecular complexity index is 1160. The minimum absolute atomic E-state index is 0. The average Bonchev–Trinajstić information content (AvgIpc) is 2.68. The van der Waals surface area contributed by atoms with E-state index >= 15 is 0 Å². The number of nitrogens with zero attached hydrogens (tertiary/aromatic N) is 1. The summed E-state index contributed by atoms with van der Waals surface area (Å²) in [5, 5.41) is 55.0. The van der Waals surface area contributed by atoms with Gasteiger partial charge in [0.25, 0.3) is 5.91 Å². The number of phenolic OH excluding ortho intramolecular Hbond substituents is 1. The van der Waals surface area contributed by atoms with Crippen LogP contribution < -0.4 is 5.73 Å². The Morgan fingerprint density at radius 3 is 2.30 bits per heavy atom. The van der Waals surface area contributed by atoms with Gasteiger partial charge in [0.1, 0.15) is 22.8 Å². The molecular weight excluding hydrogens is 528 g/mol. The normalized spacial score (nSPS) is 33.3. The molecule has 3 aliphatic carbocycles. The standard InChI is InChI=1S/C22H24N2O8.Ag/c1-21(31)8-5-4-6-11(25)12(8)16(26)13-9(21)7-10-15(24(2)3)17(27)14(20(23)30)19(29)22(10,32)18(13)28;/h4-6,9-10,15,25,27-28,31-32H,7H2,1-3H3,(H2,23,30);/t9-,10-,15-,21+,22-;/m0./s1. The molecule has 0 fully saturated rings. The minimum Gasteiger partial charge on any atom is -0.510 e. The molecule has 0 heterocycles. The molecule has 0 spiro atoms. The zero-order valence-corrected chi connectivity index (χ0v) is 19.4. The molecular formula is C22H24AgN2O8. The number of likely N-dealkylation sites (N-methyl/N-ethyl adjacent to an activating group) is 1. The van der Waals surface area contributed by atoms with Crippen molar-refractivity contribution in [1.29, 1.82) is 0 Å². The number of carbonyl (C=O) groups excluding carboxylic acids is 3. The van der Waals surface area contributed by atoms with Crippen LogP contribution in [0.4, 0.5) is 0 Å². The molecule has 4 rings (SSSR count). The van der Waals surface area contributed by atoms with Gasteiger partial charge in [0.15, 0.2) is 11.4 Å². The molecule has 1 amide bonds. The molecule has 1 radical (unpaired) electrons. The van der Waals surface area contributed by atoms with Gasteiger partial charge in [0, 0.05) is 39.8 Å². The predicted octanol–water partition coefficient (Wildman–Crippen LogP) is -0.217. The first kappa shape index (κ1) is 25.2. The van der Waals surface area contributed by atoms with Crippen LogP contribution in [0.1, 0.15) is 29.3 Å². The van der Waals surface area contributed by atoms with Crippen molar-refractivity contribution in [2.75, 3.05) is 14.1 Å². The first-order valence-corrected chi connectivity index (χ1v) is 9.97. The molecule has 0 bridgehead atoms. The van der Waals surface area contributed by atoms with E-state index in [2.05, 4.69) is 0 Å². The monoisotopic (exact) mass is 551 g/mol. The summed E-state index contributed by atoms with van der Waals surface area (Å²) in [6.07, 6.45) is -0.200. The molecule has 5 atom stereocenters. The largest absolute Gasteiger partial charge is 0.510 e. The quantitative estimate of drug-likeness (QED) is 0.214. The van der Waals surface area contributed by atoms with Crippen molar-refractivity contribution in [3.63, 3.8) is 0 Å². The van der Waals surface area contributed by atoms with Gasteiger partial charge in [-0.15, -0.1) is 0 Å². The van der Waals surface area contributed by atoms with E-state index in [0.29, 0.717) is 0 Å². The number of rotatable bonds is 2. The van der Waals surface area contributed by atoms with E-state index < -0.39 is 75.0 Å². The number of benzene rings is 1. The van der Waals surface area contributed by atoms with Gasteiger partial charge in [-0.3, -0.25) is 19.3 Å². The van der Waals surface area contributed by atoms with Crippen LogP contribution in [0.5, 0.6) is 5.75 Å². The number of nitrogens with two attached hydrogens (primary N) is 1. The van der Waals surface area contributed by atoms with Crippen LogP contribution in [0.15, 0.2) is 40.9 Å². The molecule has 0 saturated carbocycles. The van der Waals surface area contributed by atoms with Crippen LogP contribution in [-0.4, -0.2) is 73.6 Å². The van der Waals surface area contributed by atoms with Crippen molar-refractivity contribution in [3.05, 3.63) is 52.0 Å². The van der Waals surface area contributed by atoms with Gasteiger partial charge < -0.3 is 31.3 Å². The van der Waals surface area contributed by atoms with Crippen LogP contribution in [0.2, 0.25) is 0 Å². The zero-order valence-electron chi connectivity index (χ0n) is 18.0. The smallest absolute Gasteiger partial charge is 0.255 e. The van der Waals surface area contributed by atoms with E-state index in [9.17, 15) is 39.9 Å². The van der Waals surface area contributed by atoms with Crippen molar-refractivity contribution in [2.45, 2.75) is 30.6 Å².